The summed E-state index contributed by atoms with van der Waals surface area (Å²) >= 11 is 0. The Morgan fingerprint density at radius 3 is 1.95 bits per heavy atom. The molecule has 1 aliphatic heterocycles. The smallest absolute Gasteiger partial charge is 0.303 e. The van der Waals surface area contributed by atoms with Gasteiger partial charge in [-0.1, -0.05) is 48.5 Å². The number of hydrogen-bond acceptors (Lipinski definition) is 10. The molecule has 0 aliphatic carbocycles. The van der Waals surface area contributed by atoms with Crippen molar-refractivity contribution in [1.29, 1.82) is 0 Å². The van der Waals surface area contributed by atoms with E-state index in [-0.39, 0.29) is 18.8 Å². The first-order chi connectivity index (χ1) is 18.0. The van der Waals surface area contributed by atoms with Crippen molar-refractivity contribution in [3.05, 3.63) is 54.1 Å². The maximum atomic E-state index is 13.0. The van der Waals surface area contributed by atoms with E-state index in [9.17, 15) is 24.0 Å². The minimum Gasteiger partial charge on any atom is -0.463 e. The molecule has 0 radical (unpaired) electrons. The van der Waals surface area contributed by atoms with E-state index in [0.717, 1.165) is 37.1 Å². The van der Waals surface area contributed by atoms with E-state index in [1.165, 1.54) is 13.0 Å². The van der Waals surface area contributed by atoms with Crippen LogP contribution in [0.2, 0.25) is 0 Å². The number of benzene rings is 2. The standard InChI is InChI=1S/C28H30O10/c1-16(29)34-15-25-27(36-18(3)31)28(37-19(4)32)26(35-17(2)30)24(38-25)14-22(33)13-12-21-10-7-9-20-8-5-6-11-23(20)21/h5-13,24-28H,14-15H2,1-4H3/b13-12+/t24-,25+,26-,27+,28+/m0/s1. The van der Waals surface area contributed by atoms with Crippen molar-refractivity contribution < 1.29 is 47.7 Å². The lowest BCUT2D eigenvalue weighted by Crippen LogP contribution is -2.62. The lowest BCUT2D eigenvalue weighted by Gasteiger charge is -2.44. The van der Waals surface area contributed by atoms with E-state index in [4.69, 9.17) is 23.7 Å². The van der Waals surface area contributed by atoms with Crippen molar-refractivity contribution in [2.75, 3.05) is 6.61 Å². The van der Waals surface area contributed by atoms with Gasteiger partial charge in [0.2, 0.25) is 0 Å². The highest BCUT2D eigenvalue weighted by atomic mass is 16.7. The Hall–Kier alpha value is -4.05. The molecule has 3 rings (SSSR count). The first-order valence-corrected chi connectivity index (χ1v) is 12.0. The molecule has 2 aromatic rings. The number of esters is 4. The van der Waals surface area contributed by atoms with Crippen LogP contribution in [0.5, 0.6) is 0 Å². The van der Waals surface area contributed by atoms with Gasteiger partial charge in [-0.3, -0.25) is 24.0 Å². The number of carbonyl (C=O) groups excluding carboxylic acids is 5. The van der Waals surface area contributed by atoms with Crippen LogP contribution in [0.25, 0.3) is 16.8 Å². The maximum absolute atomic E-state index is 13.0. The van der Waals surface area contributed by atoms with Crippen molar-refractivity contribution in [2.24, 2.45) is 0 Å². The van der Waals surface area contributed by atoms with Crippen LogP contribution < -0.4 is 0 Å². The van der Waals surface area contributed by atoms with Crippen LogP contribution >= 0.6 is 0 Å². The normalized spacial score (nSPS) is 23.0. The summed E-state index contributed by atoms with van der Waals surface area (Å²) in [6.45, 7) is 4.26. The Morgan fingerprint density at radius 2 is 1.32 bits per heavy atom. The molecule has 0 spiro atoms. The largest absolute Gasteiger partial charge is 0.463 e. The minimum atomic E-state index is -1.31. The fourth-order valence-corrected chi connectivity index (χ4v) is 4.33. The molecule has 1 heterocycles. The van der Waals surface area contributed by atoms with Crippen molar-refractivity contribution in [2.45, 2.75) is 64.6 Å². The molecule has 0 saturated carbocycles. The van der Waals surface area contributed by atoms with Gasteiger partial charge in [-0.2, -0.15) is 0 Å². The minimum absolute atomic E-state index is 0.264. The molecule has 38 heavy (non-hydrogen) atoms. The van der Waals surface area contributed by atoms with E-state index < -0.39 is 54.4 Å². The predicted octanol–water partition coefficient (Wildman–Crippen LogP) is 2.94. The Balaban J connectivity index is 1.90. The molecule has 0 amide bonds. The molecule has 0 aromatic heterocycles. The summed E-state index contributed by atoms with van der Waals surface area (Å²) in [6.07, 6.45) is -3.25. The average Bonchev–Trinajstić information content (AvgIpc) is 2.84. The number of ether oxygens (including phenoxy) is 5. The quantitative estimate of drug-likeness (QED) is 0.273. The SMILES string of the molecule is CC(=O)OC[C@H]1O[C@@H](CC(=O)/C=C/c2cccc3ccccc23)[C@H](OC(C)=O)[C@@H](OC(C)=O)[C@@H]1OC(C)=O. The second kappa shape index (κ2) is 13.0. The Bertz CT molecular complexity index is 1230. The van der Waals surface area contributed by atoms with Gasteiger partial charge in [0.15, 0.2) is 24.1 Å². The average molecular weight is 527 g/mol. The van der Waals surface area contributed by atoms with E-state index in [1.807, 2.05) is 42.5 Å². The van der Waals surface area contributed by atoms with Gasteiger partial charge in [-0.05, 0) is 22.4 Å². The summed E-state index contributed by atoms with van der Waals surface area (Å²) in [7, 11) is 0. The van der Waals surface area contributed by atoms with Crippen LogP contribution in [0.4, 0.5) is 0 Å². The molecule has 2 aromatic carbocycles. The number of allylic oxidation sites excluding steroid dienone is 1. The van der Waals surface area contributed by atoms with Crippen LogP contribution in [0.3, 0.4) is 0 Å². The third-order valence-electron chi connectivity index (χ3n) is 5.76. The zero-order valence-electron chi connectivity index (χ0n) is 21.6. The van der Waals surface area contributed by atoms with Gasteiger partial charge in [0.1, 0.15) is 18.8 Å². The van der Waals surface area contributed by atoms with Gasteiger partial charge in [0.25, 0.3) is 0 Å². The Morgan fingerprint density at radius 1 is 0.737 bits per heavy atom. The highest BCUT2D eigenvalue weighted by molar-refractivity contribution is 5.98. The monoisotopic (exact) mass is 526 g/mol. The third-order valence-corrected chi connectivity index (χ3v) is 5.76. The molecule has 10 heteroatoms. The predicted molar refractivity (Wildman–Crippen MR) is 135 cm³/mol. The summed E-state index contributed by atoms with van der Waals surface area (Å²) in [4.78, 5) is 60.2. The molecule has 10 nitrogen and oxygen atoms in total. The van der Waals surface area contributed by atoms with Crippen LogP contribution in [-0.2, 0) is 47.7 Å². The summed E-state index contributed by atoms with van der Waals surface area (Å²) in [5, 5.41) is 1.98. The number of rotatable bonds is 9. The van der Waals surface area contributed by atoms with Crippen molar-refractivity contribution in [3.63, 3.8) is 0 Å². The zero-order valence-corrected chi connectivity index (χ0v) is 21.6. The van der Waals surface area contributed by atoms with Gasteiger partial charge in [-0.25, -0.2) is 0 Å². The van der Waals surface area contributed by atoms with Crippen LogP contribution in [-0.4, -0.2) is 66.8 Å². The summed E-state index contributed by atoms with van der Waals surface area (Å²) in [5.41, 5.74) is 0.831. The lowest BCUT2D eigenvalue weighted by atomic mass is 9.91. The first kappa shape index (κ1) is 28.5. The van der Waals surface area contributed by atoms with Gasteiger partial charge in [0, 0.05) is 34.1 Å². The van der Waals surface area contributed by atoms with Crippen LogP contribution in [0.1, 0.15) is 39.7 Å². The van der Waals surface area contributed by atoms with E-state index in [1.54, 1.807) is 6.08 Å². The van der Waals surface area contributed by atoms with Gasteiger partial charge in [-0.15, -0.1) is 0 Å². The maximum Gasteiger partial charge on any atom is 0.303 e. The summed E-state index contributed by atoms with van der Waals surface area (Å²) in [6, 6.07) is 13.5. The Labute approximate surface area is 219 Å². The fourth-order valence-electron chi connectivity index (χ4n) is 4.33. The molecule has 202 valence electrons. The number of carbonyl (C=O) groups is 5. The highest BCUT2D eigenvalue weighted by Crippen LogP contribution is 2.31. The van der Waals surface area contributed by atoms with Gasteiger partial charge >= 0.3 is 23.9 Å². The third kappa shape index (κ3) is 7.72. The van der Waals surface area contributed by atoms with Gasteiger partial charge in [0.05, 0.1) is 0 Å². The second-order valence-electron chi connectivity index (χ2n) is 8.81. The summed E-state index contributed by atoms with van der Waals surface area (Å²) in [5.74, 6) is -3.17. The molecule has 1 aliphatic rings. The Kier molecular flexibility index (Phi) is 9.72. The second-order valence-corrected chi connectivity index (χ2v) is 8.81. The molecular formula is C28H30O10. The van der Waals surface area contributed by atoms with E-state index >= 15 is 0 Å². The van der Waals surface area contributed by atoms with E-state index in [0.29, 0.717) is 0 Å². The summed E-state index contributed by atoms with van der Waals surface area (Å²) < 4.78 is 27.2. The number of hydrogen-bond donors (Lipinski definition) is 0. The molecular weight excluding hydrogens is 496 g/mol. The number of fused-ring (bicyclic) bond motifs is 1. The van der Waals surface area contributed by atoms with E-state index in [2.05, 4.69) is 0 Å². The van der Waals surface area contributed by atoms with Crippen molar-refractivity contribution in [1.82, 2.24) is 0 Å². The molecule has 1 saturated heterocycles. The van der Waals surface area contributed by atoms with Crippen LogP contribution in [0, 0.1) is 0 Å². The molecule has 0 N–H and O–H groups in total. The van der Waals surface area contributed by atoms with Crippen molar-refractivity contribution >= 4 is 46.5 Å². The topological polar surface area (TPSA) is 132 Å². The zero-order chi connectivity index (χ0) is 27.8. The molecule has 5 atom stereocenters. The first-order valence-electron chi connectivity index (χ1n) is 12.0. The van der Waals surface area contributed by atoms with Crippen LogP contribution in [0.15, 0.2) is 48.5 Å². The fraction of sp³-hybridized carbons (Fsp3) is 0.393. The molecule has 1 fully saturated rings. The lowest BCUT2D eigenvalue weighted by molar-refractivity contribution is -0.252. The van der Waals surface area contributed by atoms with Crippen molar-refractivity contribution in [3.8, 4) is 0 Å². The molecule has 0 bridgehead atoms. The van der Waals surface area contributed by atoms with Gasteiger partial charge < -0.3 is 23.7 Å². The number of ketones is 1. The highest BCUT2D eigenvalue weighted by Gasteiger charge is 2.52. The molecule has 0 unspecified atom stereocenters.